The van der Waals surface area contributed by atoms with E-state index in [1.165, 1.54) is 0 Å². The van der Waals surface area contributed by atoms with Crippen molar-refractivity contribution in [3.63, 3.8) is 0 Å². The summed E-state index contributed by atoms with van der Waals surface area (Å²) in [6, 6.07) is 5.03. The van der Waals surface area contributed by atoms with Gasteiger partial charge in [-0.3, -0.25) is 19.4 Å². The fraction of sp³-hybridized carbons (Fsp3) is 0.550. The third-order valence-corrected chi connectivity index (χ3v) is 10.9. The molecule has 15 heteroatoms. The van der Waals surface area contributed by atoms with Gasteiger partial charge in [0, 0.05) is 42.2 Å². The molecular weight excluding hydrogens is 710 g/mol. The SMILES string of the molecule is CCCN(C(=O)[C@H](C)N(CC)CC)[C@@H](C)c1nc(C(F)(F)F)c(-c2ccc(-c3ncc(-c4cnc([C@@H]5CCCN5C(=O)[C@@H](C)N(CC)CC)[nH]4)cn3)cc2)[nH]1. The lowest BCUT2D eigenvalue weighted by molar-refractivity contribution is -0.140. The van der Waals surface area contributed by atoms with Crippen molar-refractivity contribution in [1.29, 1.82) is 0 Å². The van der Waals surface area contributed by atoms with E-state index in [2.05, 4.69) is 48.7 Å². The molecule has 1 aliphatic heterocycles. The van der Waals surface area contributed by atoms with Crippen LogP contribution in [0, 0.1) is 0 Å². The number of H-pyrrole nitrogens is 2. The Balaban J connectivity index is 1.33. The number of likely N-dealkylation sites (N-methyl/N-ethyl adjacent to an activating group) is 2. The molecule has 0 radical (unpaired) electrons. The number of imidazole rings is 2. The summed E-state index contributed by atoms with van der Waals surface area (Å²) in [6.45, 7) is 19.5. The van der Waals surface area contributed by atoms with Gasteiger partial charge in [-0.2, -0.15) is 13.2 Å². The van der Waals surface area contributed by atoms with Crippen LogP contribution in [0.2, 0.25) is 0 Å². The molecule has 4 atom stereocenters. The van der Waals surface area contributed by atoms with Gasteiger partial charge in [0.25, 0.3) is 0 Å². The van der Waals surface area contributed by atoms with E-state index in [0.29, 0.717) is 55.1 Å². The van der Waals surface area contributed by atoms with Crippen LogP contribution in [0.15, 0.2) is 42.9 Å². The number of carbonyl (C=O) groups excluding carboxylic acids is 2. The maximum Gasteiger partial charge on any atom is 0.435 e. The maximum atomic E-state index is 14.4. The van der Waals surface area contributed by atoms with E-state index in [4.69, 9.17) is 0 Å². The third kappa shape index (κ3) is 8.93. The first-order valence-corrected chi connectivity index (χ1v) is 19.5. The van der Waals surface area contributed by atoms with Crippen molar-refractivity contribution in [2.45, 2.75) is 105 Å². The van der Waals surface area contributed by atoms with E-state index in [0.717, 1.165) is 37.4 Å². The van der Waals surface area contributed by atoms with Gasteiger partial charge in [0.05, 0.1) is 41.8 Å². The molecule has 0 aliphatic carbocycles. The quantitative estimate of drug-likeness (QED) is 0.121. The van der Waals surface area contributed by atoms with Gasteiger partial charge in [-0.15, -0.1) is 0 Å². The van der Waals surface area contributed by atoms with Crippen molar-refractivity contribution in [3.05, 3.63) is 60.2 Å². The standard InChI is InChI=1S/C40H55F3N10O2/c1-9-20-52(38(54)26(7)50(10-2)11-3)25(6)35-48-33(34(49-35)40(41,42)43)28-16-18-29(19-17-28)36-44-22-30(23-45-36)31-24-46-37(47-31)32-15-14-21-53(32)39(55)27(8)51(12-4)13-5/h16-19,22-27,32H,9-15,20-21H2,1-8H3,(H,46,47)(H,48,49)/t25-,26-,27+,32-/m0/s1. The van der Waals surface area contributed by atoms with Crippen LogP contribution in [0.1, 0.15) is 104 Å². The Bertz CT molecular complexity index is 1870. The van der Waals surface area contributed by atoms with Crippen LogP contribution in [0.4, 0.5) is 13.2 Å². The van der Waals surface area contributed by atoms with Gasteiger partial charge < -0.3 is 19.8 Å². The fourth-order valence-electron chi connectivity index (χ4n) is 7.59. The highest BCUT2D eigenvalue weighted by Gasteiger charge is 2.40. The topological polar surface area (TPSA) is 130 Å². The van der Waals surface area contributed by atoms with Crippen LogP contribution < -0.4 is 0 Å². The number of aromatic nitrogens is 6. The molecule has 55 heavy (non-hydrogen) atoms. The monoisotopic (exact) mass is 764 g/mol. The summed E-state index contributed by atoms with van der Waals surface area (Å²) >= 11 is 0. The van der Waals surface area contributed by atoms with E-state index in [-0.39, 0.29) is 35.4 Å². The van der Waals surface area contributed by atoms with E-state index in [1.54, 1.807) is 54.7 Å². The summed E-state index contributed by atoms with van der Waals surface area (Å²) in [4.78, 5) is 58.7. The average molecular weight is 765 g/mol. The zero-order chi connectivity index (χ0) is 40.0. The van der Waals surface area contributed by atoms with Gasteiger partial charge >= 0.3 is 6.18 Å². The van der Waals surface area contributed by atoms with Gasteiger partial charge in [0.2, 0.25) is 11.8 Å². The number of halogens is 3. The van der Waals surface area contributed by atoms with Crippen LogP contribution in [0.25, 0.3) is 33.9 Å². The number of carbonyl (C=O) groups is 2. The zero-order valence-corrected chi connectivity index (χ0v) is 33.2. The first kappa shape index (κ1) is 41.5. The third-order valence-electron chi connectivity index (χ3n) is 10.9. The number of hydrogen-bond acceptors (Lipinski definition) is 8. The normalized spacial score (nSPS) is 16.5. The second-order valence-corrected chi connectivity index (χ2v) is 14.1. The van der Waals surface area contributed by atoms with Gasteiger partial charge in [0.1, 0.15) is 11.6 Å². The molecule has 2 amide bonds. The molecule has 3 aromatic heterocycles. The van der Waals surface area contributed by atoms with Crippen LogP contribution >= 0.6 is 0 Å². The van der Waals surface area contributed by atoms with Crippen LogP contribution in [-0.4, -0.2) is 113 Å². The highest BCUT2D eigenvalue weighted by Crippen LogP contribution is 2.38. The Kier molecular flexibility index (Phi) is 13.5. The lowest BCUT2D eigenvalue weighted by atomic mass is 10.1. The summed E-state index contributed by atoms with van der Waals surface area (Å²) in [5.74, 6) is 1.15. The Morgan fingerprint density at radius 1 is 0.836 bits per heavy atom. The molecule has 0 saturated carbocycles. The number of nitrogens with one attached hydrogen (secondary N) is 2. The molecule has 0 bridgehead atoms. The average Bonchev–Trinajstić information content (AvgIpc) is 3.98. The van der Waals surface area contributed by atoms with E-state index >= 15 is 0 Å². The highest BCUT2D eigenvalue weighted by atomic mass is 19.4. The van der Waals surface area contributed by atoms with E-state index in [9.17, 15) is 22.8 Å². The van der Waals surface area contributed by atoms with Gasteiger partial charge in [-0.25, -0.2) is 19.9 Å². The van der Waals surface area contributed by atoms with Crippen molar-refractivity contribution in [2.75, 3.05) is 39.3 Å². The summed E-state index contributed by atoms with van der Waals surface area (Å²) in [5, 5.41) is 0. The van der Waals surface area contributed by atoms with E-state index in [1.807, 2.05) is 44.4 Å². The minimum Gasteiger partial charge on any atom is -0.340 e. The molecule has 2 N–H and O–H groups in total. The minimum atomic E-state index is -4.72. The largest absolute Gasteiger partial charge is 0.435 e. The number of nitrogens with zero attached hydrogens (tertiary/aromatic N) is 8. The molecule has 1 saturated heterocycles. The smallest absolute Gasteiger partial charge is 0.340 e. The molecule has 1 aromatic carbocycles. The lowest BCUT2D eigenvalue weighted by Crippen LogP contribution is -2.48. The number of likely N-dealkylation sites (tertiary alicyclic amines) is 1. The summed E-state index contributed by atoms with van der Waals surface area (Å²) in [6.07, 6.45) is 2.71. The van der Waals surface area contributed by atoms with Crippen molar-refractivity contribution in [3.8, 4) is 33.9 Å². The molecule has 0 unspecified atom stereocenters. The molecule has 5 rings (SSSR count). The Hall–Kier alpha value is -4.63. The van der Waals surface area contributed by atoms with Crippen molar-refractivity contribution in [1.82, 2.24) is 49.5 Å². The van der Waals surface area contributed by atoms with Gasteiger partial charge in [-0.05, 0) is 66.2 Å². The number of rotatable bonds is 16. The van der Waals surface area contributed by atoms with Gasteiger partial charge in [-0.1, -0.05) is 58.9 Å². The Morgan fingerprint density at radius 3 is 2.02 bits per heavy atom. The molecule has 4 aromatic rings. The summed E-state index contributed by atoms with van der Waals surface area (Å²) in [7, 11) is 0. The number of amides is 2. The first-order valence-electron chi connectivity index (χ1n) is 19.5. The Morgan fingerprint density at radius 2 is 1.44 bits per heavy atom. The van der Waals surface area contributed by atoms with Gasteiger partial charge in [0.15, 0.2) is 11.5 Å². The number of alkyl halides is 3. The summed E-state index contributed by atoms with van der Waals surface area (Å²) < 4.78 is 43.1. The van der Waals surface area contributed by atoms with Crippen molar-refractivity contribution in [2.24, 2.45) is 0 Å². The second kappa shape index (κ2) is 17.9. The molecule has 0 spiro atoms. The highest BCUT2D eigenvalue weighted by molar-refractivity contribution is 5.82. The number of benzene rings is 1. The number of hydrogen-bond donors (Lipinski definition) is 2. The second-order valence-electron chi connectivity index (χ2n) is 14.1. The molecule has 298 valence electrons. The van der Waals surface area contributed by atoms with Crippen LogP contribution in [-0.2, 0) is 15.8 Å². The lowest BCUT2D eigenvalue weighted by Gasteiger charge is -2.34. The summed E-state index contributed by atoms with van der Waals surface area (Å²) in [5.41, 5.74) is 1.14. The predicted octanol–water partition coefficient (Wildman–Crippen LogP) is 7.37. The van der Waals surface area contributed by atoms with Crippen molar-refractivity contribution >= 4 is 11.8 Å². The van der Waals surface area contributed by atoms with Crippen LogP contribution in [0.5, 0.6) is 0 Å². The molecular formula is C40H55F3N10O2. The number of aromatic amines is 2. The van der Waals surface area contributed by atoms with E-state index < -0.39 is 24.0 Å². The first-order chi connectivity index (χ1) is 26.3. The zero-order valence-electron chi connectivity index (χ0n) is 33.2. The molecule has 12 nitrogen and oxygen atoms in total. The van der Waals surface area contributed by atoms with Crippen molar-refractivity contribution < 1.29 is 22.8 Å². The molecule has 4 heterocycles. The maximum absolute atomic E-state index is 14.4. The molecule has 1 aliphatic rings. The predicted molar refractivity (Wildman–Crippen MR) is 207 cm³/mol. The minimum absolute atomic E-state index is 0.0715. The fourth-order valence-corrected chi connectivity index (χ4v) is 7.59. The molecule has 1 fully saturated rings. The Labute approximate surface area is 322 Å². The van der Waals surface area contributed by atoms with Crippen LogP contribution in [0.3, 0.4) is 0 Å².